The van der Waals surface area contributed by atoms with E-state index < -0.39 is 17.4 Å². The van der Waals surface area contributed by atoms with Gasteiger partial charge < -0.3 is 0 Å². The molecule has 0 aromatic heterocycles. The van der Waals surface area contributed by atoms with Crippen LogP contribution in [0.5, 0.6) is 0 Å². The molecule has 2 atom stereocenters. The van der Waals surface area contributed by atoms with E-state index >= 15 is 0 Å². The van der Waals surface area contributed by atoms with Crippen molar-refractivity contribution in [3.63, 3.8) is 0 Å². The van der Waals surface area contributed by atoms with Crippen molar-refractivity contribution >= 4 is 93.5 Å². The Labute approximate surface area is 307 Å². The van der Waals surface area contributed by atoms with E-state index in [1.54, 1.807) is 6.54 Å². The van der Waals surface area contributed by atoms with Crippen LogP contribution in [0.1, 0.15) is 29.5 Å². The van der Waals surface area contributed by atoms with Crippen LogP contribution in [0.25, 0.3) is 55.2 Å². The van der Waals surface area contributed by atoms with Crippen LogP contribution in [0.3, 0.4) is 0 Å². The summed E-state index contributed by atoms with van der Waals surface area (Å²) in [6.07, 6.45) is 10.2. The fraction of sp³-hybridized carbons (Fsp3) is 0.0435. The number of hydrogen-bond donors (Lipinski definition) is 0. The molecular formula is C46H36Cl2SiZr. The molecule has 2 aliphatic carbocycles. The molecule has 0 saturated heterocycles. The van der Waals surface area contributed by atoms with Crippen molar-refractivity contribution in [2.24, 2.45) is 0 Å². The van der Waals surface area contributed by atoms with Gasteiger partial charge in [-0.3, -0.25) is 0 Å². The third-order valence-electron chi connectivity index (χ3n) is 11.9. The van der Waals surface area contributed by atoms with Gasteiger partial charge in [0.2, 0.25) is 0 Å². The molecule has 0 bridgehead atoms. The number of hydrogen-bond acceptors (Lipinski definition) is 0. The van der Waals surface area contributed by atoms with Gasteiger partial charge in [0.05, 0.1) is 0 Å². The van der Waals surface area contributed by atoms with Gasteiger partial charge in [0, 0.05) is 0 Å². The molecule has 2 aliphatic rings. The molecule has 0 amide bonds. The van der Waals surface area contributed by atoms with E-state index in [0.29, 0.717) is 0 Å². The number of benzene rings is 8. The Bertz CT molecular complexity index is 2560. The molecule has 4 heteroatoms. The van der Waals surface area contributed by atoms with Crippen molar-refractivity contribution in [1.29, 1.82) is 0 Å². The molecule has 10 rings (SSSR count). The SMILES string of the molecule is Cl.Cl.[SiH2]=[Zr]([c]1ccccc1)([c]1ccccc1)([CH]1C=Cc2c1c1ccccc1c1ccccc21)[CH]1C=Cc2c1c1ccccc1c1ccccc21. The third-order valence-corrected chi connectivity index (χ3v) is 39.6. The fourth-order valence-electron chi connectivity index (χ4n) is 9.84. The Morgan fingerprint density at radius 3 is 0.980 bits per heavy atom. The number of fused-ring (bicyclic) bond motifs is 12. The van der Waals surface area contributed by atoms with Gasteiger partial charge in [-0.15, -0.1) is 24.8 Å². The van der Waals surface area contributed by atoms with Crippen LogP contribution in [0.4, 0.5) is 0 Å². The monoisotopic (exact) mass is 776 g/mol. The second kappa shape index (κ2) is 12.3. The first-order chi connectivity index (χ1) is 23.7. The third kappa shape index (κ3) is 4.26. The Balaban J connectivity index is 0.00000180. The second-order valence-electron chi connectivity index (χ2n) is 13.9. The van der Waals surface area contributed by atoms with Crippen LogP contribution in [0.15, 0.2) is 170 Å². The zero-order chi connectivity index (χ0) is 31.9. The Kier molecular flexibility index (Phi) is 8.17. The van der Waals surface area contributed by atoms with Crippen molar-refractivity contribution in [2.75, 3.05) is 0 Å². The van der Waals surface area contributed by atoms with Crippen molar-refractivity contribution in [1.82, 2.24) is 0 Å². The maximum absolute atomic E-state index is 4.70. The molecule has 0 radical (unpaired) electrons. The van der Waals surface area contributed by atoms with E-state index in [4.69, 9.17) is 0 Å². The summed E-state index contributed by atoms with van der Waals surface area (Å²) in [5.74, 6) is 0. The van der Waals surface area contributed by atoms with E-state index in [0.717, 1.165) is 0 Å². The molecule has 8 aromatic rings. The molecule has 8 aromatic carbocycles. The Morgan fingerprint density at radius 1 is 0.340 bits per heavy atom. The van der Waals surface area contributed by atoms with Crippen molar-refractivity contribution < 1.29 is 17.4 Å². The van der Waals surface area contributed by atoms with Crippen molar-refractivity contribution in [2.45, 2.75) is 7.25 Å². The van der Waals surface area contributed by atoms with Crippen LogP contribution in [0.2, 0.25) is 0 Å². The summed E-state index contributed by atoms with van der Waals surface area (Å²) >= 11 is -4.70. The molecule has 2 unspecified atom stereocenters. The standard InChI is InChI=1S/2C17H11.2C6H5.2ClH.H2Si.Zr/c2*1-3-8-14-12(6-1)13-7-2-4-9-15(13)17-11-5-10-16(14)17;2*1-2-4-6-5-3-1;;;;/h2*1-11H;2*1-5H;2*1H;1H2;. The zero-order valence-electron chi connectivity index (χ0n) is 27.5. The molecule has 0 N–H and O–H groups in total. The molecule has 0 fully saturated rings. The first-order valence-corrected chi connectivity index (χ1v) is 28.3. The molecule has 0 saturated carbocycles. The first kappa shape index (κ1) is 33.1. The molecule has 50 heavy (non-hydrogen) atoms. The summed E-state index contributed by atoms with van der Waals surface area (Å²) in [5.41, 5.74) is 5.84. The van der Waals surface area contributed by atoms with Crippen LogP contribution < -0.4 is 6.54 Å². The van der Waals surface area contributed by atoms with E-state index in [-0.39, 0.29) is 32.1 Å². The van der Waals surface area contributed by atoms with E-state index in [9.17, 15) is 0 Å². The quantitative estimate of drug-likeness (QED) is 0.123. The van der Waals surface area contributed by atoms with Gasteiger partial charge in [-0.05, 0) is 0 Å². The average molecular weight is 779 g/mol. The van der Waals surface area contributed by atoms with Gasteiger partial charge >= 0.3 is 285 Å². The average Bonchev–Trinajstić information content (AvgIpc) is 3.83. The Morgan fingerprint density at radius 2 is 0.620 bits per heavy atom. The molecular weight excluding hydrogens is 743 g/mol. The maximum atomic E-state index is 2.64. The Hall–Kier alpha value is -4.04. The van der Waals surface area contributed by atoms with E-state index in [2.05, 4.69) is 189 Å². The molecule has 242 valence electrons. The van der Waals surface area contributed by atoms with Gasteiger partial charge in [-0.25, -0.2) is 0 Å². The van der Waals surface area contributed by atoms with Gasteiger partial charge in [0.25, 0.3) is 0 Å². The minimum atomic E-state index is -4.70. The molecule has 0 nitrogen and oxygen atoms in total. The van der Waals surface area contributed by atoms with Gasteiger partial charge in [0.1, 0.15) is 0 Å². The number of rotatable bonds is 4. The second-order valence-corrected chi connectivity index (χ2v) is 36.8. The fourth-order valence-corrected chi connectivity index (χ4v) is 34.2. The number of halogens is 2. The first-order valence-electron chi connectivity index (χ1n) is 17.0. The van der Waals surface area contributed by atoms with Crippen LogP contribution in [0, 0.1) is 0 Å². The topological polar surface area (TPSA) is 0 Å². The summed E-state index contributed by atoms with van der Waals surface area (Å²) in [4.78, 5) is 0. The number of allylic oxidation sites excluding steroid dienone is 2. The van der Waals surface area contributed by atoms with Gasteiger partial charge in [-0.1, -0.05) is 0 Å². The normalized spacial score (nSPS) is 16.3. The van der Waals surface area contributed by atoms with Crippen molar-refractivity contribution in [3.8, 4) is 0 Å². The summed E-state index contributed by atoms with van der Waals surface area (Å²) in [6, 6.07) is 59.9. The molecule has 0 aliphatic heterocycles. The van der Waals surface area contributed by atoms with Gasteiger partial charge in [0.15, 0.2) is 0 Å². The predicted molar refractivity (Wildman–Crippen MR) is 222 cm³/mol. The minimum absolute atomic E-state index is 0. The van der Waals surface area contributed by atoms with Gasteiger partial charge in [-0.2, -0.15) is 0 Å². The molecule has 0 spiro atoms. The van der Waals surface area contributed by atoms with Crippen LogP contribution in [-0.2, 0) is 17.4 Å². The summed E-state index contributed by atoms with van der Waals surface area (Å²) < 4.78 is 3.60. The molecule has 0 heterocycles. The van der Waals surface area contributed by atoms with E-state index in [1.807, 2.05) is 0 Å². The van der Waals surface area contributed by atoms with Crippen molar-refractivity contribution in [3.05, 3.63) is 192 Å². The predicted octanol–water partition coefficient (Wildman–Crippen LogP) is 10.9. The summed E-state index contributed by atoms with van der Waals surface area (Å²) in [6.45, 7) is 2.44. The summed E-state index contributed by atoms with van der Waals surface area (Å²) in [5, 5.41) is 10.9. The van der Waals surface area contributed by atoms with Crippen LogP contribution in [-0.4, -0.2) is 6.88 Å². The zero-order valence-corrected chi connectivity index (χ0v) is 33.0. The van der Waals surface area contributed by atoms with E-state index in [1.165, 1.54) is 65.3 Å². The summed E-state index contributed by atoms with van der Waals surface area (Å²) in [7, 11) is 0. The van der Waals surface area contributed by atoms with Crippen LogP contribution >= 0.6 is 24.8 Å².